The number of carbonyl (C=O) groups excluding carboxylic acids is 1. The van der Waals surface area contributed by atoms with Gasteiger partial charge in [0.15, 0.2) is 0 Å². The van der Waals surface area contributed by atoms with Gasteiger partial charge in [0, 0.05) is 43.2 Å². The first-order valence-electron chi connectivity index (χ1n) is 11.8. The van der Waals surface area contributed by atoms with E-state index in [4.69, 9.17) is 9.47 Å². The highest BCUT2D eigenvalue weighted by Gasteiger charge is 2.23. The second-order valence-electron chi connectivity index (χ2n) is 9.01. The van der Waals surface area contributed by atoms with Gasteiger partial charge in [-0.3, -0.25) is 14.5 Å². The Morgan fingerprint density at radius 1 is 1.21 bits per heavy atom. The van der Waals surface area contributed by atoms with Crippen LogP contribution in [0.4, 0.5) is 0 Å². The quantitative estimate of drug-likeness (QED) is 0.581. The molecule has 0 aliphatic carbocycles. The van der Waals surface area contributed by atoms with Crippen molar-refractivity contribution >= 4 is 27.5 Å². The molecule has 2 aromatic heterocycles. The summed E-state index contributed by atoms with van der Waals surface area (Å²) in [6, 6.07) is 7.36. The minimum absolute atomic E-state index is 0.0304. The van der Waals surface area contributed by atoms with Crippen molar-refractivity contribution in [2.75, 3.05) is 39.4 Å². The van der Waals surface area contributed by atoms with Crippen LogP contribution in [0.15, 0.2) is 29.1 Å². The van der Waals surface area contributed by atoms with Gasteiger partial charge in [-0.05, 0) is 56.5 Å². The minimum atomic E-state index is -0.0705. The van der Waals surface area contributed by atoms with Gasteiger partial charge in [0.25, 0.3) is 11.5 Å². The van der Waals surface area contributed by atoms with Gasteiger partial charge < -0.3 is 19.4 Å². The zero-order valence-electron chi connectivity index (χ0n) is 19.6. The zero-order valence-corrected chi connectivity index (χ0v) is 20.5. The average Bonchev–Trinajstić information content (AvgIpc) is 3.46. The van der Waals surface area contributed by atoms with E-state index in [1.54, 1.807) is 11.3 Å². The van der Waals surface area contributed by atoms with Crippen LogP contribution in [0.3, 0.4) is 0 Å². The van der Waals surface area contributed by atoms with Gasteiger partial charge in [0.05, 0.1) is 18.0 Å². The van der Waals surface area contributed by atoms with Crippen molar-refractivity contribution in [3.8, 4) is 5.75 Å². The summed E-state index contributed by atoms with van der Waals surface area (Å²) < 4.78 is 11.4. The molecule has 1 unspecified atom stereocenters. The molecule has 1 aromatic carbocycles. The zero-order chi connectivity index (χ0) is 23.7. The van der Waals surface area contributed by atoms with E-state index in [9.17, 15) is 9.59 Å². The third-order valence-electron chi connectivity index (χ3n) is 6.68. The summed E-state index contributed by atoms with van der Waals surface area (Å²) in [5, 5.41) is 0.699. The number of amides is 1. The number of ether oxygens (including phenoxy) is 2. The number of benzene rings is 1. The third-order valence-corrected chi connectivity index (χ3v) is 7.78. The molecule has 1 N–H and O–H groups in total. The standard InChI is InChI=1S/C25H30N4O4S/c1-16-17(2)34-24-22(16)23(30)26-21(27-24)14-28-9-11-29(12-10-28)25(31)18-5-7-19(8-6-18)33-15-20-4-3-13-32-20/h5-8,20H,3-4,9-15H2,1-2H3,(H,26,27,30). The lowest BCUT2D eigenvalue weighted by molar-refractivity contribution is 0.0624. The van der Waals surface area contributed by atoms with E-state index in [2.05, 4.69) is 14.9 Å². The van der Waals surface area contributed by atoms with E-state index < -0.39 is 0 Å². The SMILES string of the molecule is Cc1sc2nc(CN3CCN(C(=O)c4ccc(OCC5CCCO5)cc4)CC3)[nH]c(=O)c2c1C. The Morgan fingerprint density at radius 3 is 2.68 bits per heavy atom. The number of nitrogens with one attached hydrogen (secondary N) is 1. The molecule has 3 aromatic rings. The molecule has 0 bridgehead atoms. The molecule has 5 rings (SSSR count). The molecule has 2 aliphatic rings. The highest BCUT2D eigenvalue weighted by Crippen LogP contribution is 2.26. The minimum Gasteiger partial charge on any atom is -0.491 e. The maximum absolute atomic E-state index is 13.0. The molecule has 2 fully saturated rings. The highest BCUT2D eigenvalue weighted by molar-refractivity contribution is 7.18. The summed E-state index contributed by atoms with van der Waals surface area (Å²) in [5.41, 5.74) is 1.60. The number of carbonyl (C=O) groups is 1. The topological polar surface area (TPSA) is 87.8 Å². The number of nitrogens with zero attached hydrogens (tertiary/aromatic N) is 3. The Hall–Kier alpha value is -2.75. The normalized spacial score (nSPS) is 19.1. The second kappa shape index (κ2) is 9.85. The van der Waals surface area contributed by atoms with Crippen molar-refractivity contribution in [3.63, 3.8) is 0 Å². The predicted molar refractivity (Wildman–Crippen MR) is 132 cm³/mol. The molecular formula is C25H30N4O4S. The number of rotatable bonds is 6. The molecule has 9 heteroatoms. The summed E-state index contributed by atoms with van der Waals surface area (Å²) in [6.45, 7) is 8.66. The predicted octanol–water partition coefficient (Wildman–Crippen LogP) is 3.12. The number of H-pyrrole nitrogens is 1. The molecular weight excluding hydrogens is 452 g/mol. The van der Waals surface area contributed by atoms with Crippen LogP contribution in [-0.4, -0.2) is 71.2 Å². The number of aromatic amines is 1. The van der Waals surface area contributed by atoms with Crippen LogP contribution in [0.2, 0.25) is 0 Å². The first-order valence-corrected chi connectivity index (χ1v) is 12.6. The van der Waals surface area contributed by atoms with Gasteiger partial charge in [-0.15, -0.1) is 11.3 Å². The monoisotopic (exact) mass is 482 g/mol. The number of fused-ring (bicyclic) bond motifs is 1. The maximum Gasteiger partial charge on any atom is 0.259 e. The van der Waals surface area contributed by atoms with Gasteiger partial charge in [-0.1, -0.05) is 0 Å². The Labute approximate surface area is 202 Å². The molecule has 2 aliphatic heterocycles. The number of aromatic nitrogens is 2. The lowest BCUT2D eigenvalue weighted by Gasteiger charge is -2.34. The number of piperazine rings is 1. The van der Waals surface area contributed by atoms with Crippen LogP contribution in [-0.2, 0) is 11.3 Å². The summed E-state index contributed by atoms with van der Waals surface area (Å²) in [6.07, 6.45) is 2.30. The van der Waals surface area contributed by atoms with Gasteiger partial charge in [0.2, 0.25) is 0 Å². The van der Waals surface area contributed by atoms with E-state index in [0.717, 1.165) is 53.6 Å². The van der Waals surface area contributed by atoms with Crippen molar-refractivity contribution in [2.45, 2.75) is 39.3 Å². The van der Waals surface area contributed by atoms with Crippen molar-refractivity contribution < 1.29 is 14.3 Å². The molecule has 8 nitrogen and oxygen atoms in total. The van der Waals surface area contributed by atoms with Gasteiger partial charge >= 0.3 is 0 Å². The molecule has 2 saturated heterocycles. The van der Waals surface area contributed by atoms with Gasteiger partial charge in [-0.2, -0.15) is 0 Å². The fourth-order valence-electron chi connectivity index (χ4n) is 4.54. The van der Waals surface area contributed by atoms with Gasteiger partial charge in [0.1, 0.15) is 23.0 Å². The van der Waals surface area contributed by atoms with Gasteiger partial charge in [-0.25, -0.2) is 4.98 Å². The summed E-state index contributed by atoms with van der Waals surface area (Å²) in [4.78, 5) is 39.1. The van der Waals surface area contributed by atoms with Crippen LogP contribution in [0.1, 0.15) is 39.5 Å². The molecule has 0 radical (unpaired) electrons. The molecule has 180 valence electrons. The fraction of sp³-hybridized carbons (Fsp3) is 0.480. The lowest BCUT2D eigenvalue weighted by atomic mass is 10.1. The average molecular weight is 483 g/mol. The van der Waals surface area contributed by atoms with E-state index in [1.807, 2.05) is 43.0 Å². The largest absolute Gasteiger partial charge is 0.491 e. The molecule has 0 saturated carbocycles. The number of hydrogen-bond donors (Lipinski definition) is 1. The van der Waals surface area contributed by atoms with Crippen LogP contribution < -0.4 is 10.3 Å². The van der Waals surface area contributed by atoms with E-state index in [-0.39, 0.29) is 17.6 Å². The number of thiophene rings is 1. The lowest BCUT2D eigenvalue weighted by Crippen LogP contribution is -2.48. The maximum atomic E-state index is 13.0. The molecule has 4 heterocycles. The van der Waals surface area contributed by atoms with E-state index in [1.165, 1.54) is 0 Å². The Bertz CT molecular complexity index is 1220. The van der Waals surface area contributed by atoms with Crippen molar-refractivity contribution in [2.24, 2.45) is 0 Å². The molecule has 34 heavy (non-hydrogen) atoms. The smallest absolute Gasteiger partial charge is 0.259 e. The fourth-order valence-corrected chi connectivity index (χ4v) is 5.59. The van der Waals surface area contributed by atoms with Crippen molar-refractivity contribution in [1.82, 2.24) is 19.8 Å². The first-order chi connectivity index (χ1) is 16.5. The highest BCUT2D eigenvalue weighted by atomic mass is 32.1. The van der Waals surface area contributed by atoms with Crippen molar-refractivity contribution in [3.05, 3.63) is 56.4 Å². The summed E-state index contributed by atoms with van der Waals surface area (Å²) >= 11 is 1.56. The van der Waals surface area contributed by atoms with E-state index in [0.29, 0.717) is 43.0 Å². The van der Waals surface area contributed by atoms with Crippen LogP contribution in [0, 0.1) is 13.8 Å². The second-order valence-corrected chi connectivity index (χ2v) is 10.2. The molecule has 0 spiro atoms. The number of hydrogen-bond acceptors (Lipinski definition) is 7. The van der Waals surface area contributed by atoms with E-state index >= 15 is 0 Å². The first kappa shape index (κ1) is 23.0. The Kier molecular flexibility index (Phi) is 6.67. The Morgan fingerprint density at radius 2 is 1.97 bits per heavy atom. The van der Waals surface area contributed by atoms with Crippen LogP contribution >= 0.6 is 11.3 Å². The van der Waals surface area contributed by atoms with Crippen molar-refractivity contribution in [1.29, 1.82) is 0 Å². The summed E-state index contributed by atoms with van der Waals surface area (Å²) in [7, 11) is 0. The number of aryl methyl sites for hydroxylation is 2. The van der Waals surface area contributed by atoms with Crippen LogP contribution in [0.5, 0.6) is 5.75 Å². The third kappa shape index (κ3) is 4.87. The Balaban J connectivity index is 1.14. The molecule has 1 amide bonds. The summed E-state index contributed by atoms with van der Waals surface area (Å²) in [5.74, 6) is 1.46. The molecule has 1 atom stereocenters. The van der Waals surface area contributed by atoms with Crippen LogP contribution in [0.25, 0.3) is 10.2 Å².